The molecular weight excluding hydrogens is 218 g/mol. The van der Waals surface area contributed by atoms with Crippen LogP contribution in [0.5, 0.6) is 5.75 Å². The molecule has 0 aliphatic rings. The molecule has 0 radical (unpaired) electrons. The van der Waals surface area contributed by atoms with Gasteiger partial charge in [0.15, 0.2) is 6.29 Å². The third-order valence-corrected chi connectivity index (χ3v) is 2.57. The number of methoxy groups -OCH3 is 3. The Hall–Kier alpha value is -1.57. The van der Waals surface area contributed by atoms with Crippen molar-refractivity contribution in [1.82, 2.24) is 0 Å². The van der Waals surface area contributed by atoms with E-state index < -0.39 is 6.29 Å². The number of benzene rings is 1. The van der Waals surface area contributed by atoms with Gasteiger partial charge in [0, 0.05) is 14.2 Å². The molecule has 4 nitrogen and oxygen atoms in total. The summed E-state index contributed by atoms with van der Waals surface area (Å²) in [5.41, 5.74) is 1.05. The fraction of sp³-hybridized carbons (Fsp3) is 0.462. The van der Waals surface area contributed by atoms with Crippen LogP contribution in [0.2, 0.25) is 0 Å². The Labute approximate surface area is 102 Å². The quantitative estimate of drug-likeness (QED) is 0.708. The second-order valence-corrected chi connectivity index (χ2v) is 3.63. The monoisotopic (exact) mass is 235 g/mol. The van der Waals surface area contributed by atoms with Crippen molar-refractivity contribution in [2.45, 2.75) is 12.7 Å². The molecule has 0 spiro atoms. The third-order valence-electron chi connectivity index (χ3n) is 2.57. The van der Waals surface area contributed by atoms with Gasteiger partial charge in [0.1, 0.15) is 11.7 Å². The average Bonchev–Trinajstić information content (AvgIpc) is 2.39. The van der Waals surface area contributed by atoms with E-state index in [0.29, 0.717) is 6.42 Å². The van der Waals surface area contributed by atoms with Crippen molar-refractivity contribution in [3.8, 4) is 11.8 Å². The highest BCUT2D eigenvalue weighted by atomic mass is 16.7. The Kier molecular flexibility index (Phi) is 5.47. The molecule has 0 bridgehead atoms. The lowest BCUT2D eigenvalue weighted by molar-refractivity contribution is -0.124. The molecular formula is C13H17NO3. The van der Waals surface area contributed by atoms with Crippen LogP contribution in [0.3, 0.4) is 0 Å². The Morgan fingerprint density at radius 1 is 1.12 bits per heavy atom. The molecule has 0 aliphatic carbocycles. The minimum atomic E-state index is -0.498. The van der Waals surface area contributed by atoms with Crippen molar-refractivity contribution in [2.75, 3.05) is 21.3 Å². The van der Waals surface area contributed by atoms with Crippen LogP contribution in [0.4, 0.5) is 0 Å². The van der Waals surface area contributed by atoms with Crippen LogP contribution >= 0.6 is 0 Å². The lowest BCUT2D eigenvalue weighted by atomic mass is 10.00. The molecule has 0 heterocycles. The summed E-state index contributed by atoms with van der Waals surface area (Å²) in [4.78, 5) is 0. The average molecular weight is 235 g/mol. The van der Waals surface area contributed by atoms with Gasteiger partial charge in [-0.1, -0.05) is 12.1 Å². The molecule has 1 atom stereocenters. The first-order chi connectivity index (χ1) is 8.24. The van der Waals surface area contributed by atoms with Gasteiger partial charge in [0.2, 0.25) is 0 Å². The molecule has 1 rings (SSSR count). The third kappa shape index (κ3) is 3.74. The van der Waals surface area contributed by atoms with Crippen molar-refractivity contribution in [1.29, 1.82) is 5.26 Å². The van der Waals surface area contributed by atoms with E-state index in [9.17, 15) is 0 Å². The zero-order valence-electron chi connectivity index (χ0n) is 10.3. The molecule has 0 aromatic heterocycles. The van der Waals surface area contributed by atoms with Crippen LogP contribution < -0.4 is 4.74 Å². The van der Waals surface area contributed by atoms with E-state index >= 15 is 0 Å². The molecule has 0 aliphatic heterocycles. The highest BCUT2D eigenvalue weighted by Gasteiger charge is 2.20. The summed E-state index contributed by atoms with van der Waals surface area (Å²) in [5, 5.41) is 9.09. The summed E-state index contributed by atoms with van der Waals surface area (Å²) < 4.78 is 15.3. The molecule has 1 aromatic carbocycles. The van der Waals surface area contributed by atoms with Crippen molar-refractivity contribution in [2.24, 2.45) is 5.92 Å². The van der Waals surface area contributed by atoms with E-state index in [1.165, 1.54) is 14.2 Å². The van der Waals surface area contributed by atoms with Crippen LogP contribution in [0.1, 0.15) is 5.56 Å². The van der Waals surface area contributed by atoms with Gasteiger partial charge in [0.25, 0.3) is 0 Å². The van der Waals surface area contributed by atoms with E-state index in [1.807, 2.05) is 24.3 Å². The van der Waals surface area contributed by atoms with Crippen LogP contribution in [0.15, 0.2) is 24.3 Å². The van der Waals surface area contributed by atoms with Crippen LogP contribution in [0, 0.1) is 17.2 Å². The van der Waals surface area contributed by atoms with Crippen molar-refractivity contribution in [3.63, 3.8) is 0 Å². The van der Waals surface area contributed by atoms with E-state index in [-0.39, 0.29) is 5.92 Å². The zero-order valence-corrected chi connectivity index (χ0v) is 10.3. The lowest BCUT2D eigenvalue weighted by Gasteiger charge is -2.18. The number of rotatable bonds is 6. The second-order valence-electron chi connectivity index (χ2n) is 3.63. The van der Waals surface area contributed by atoms with Gasteiger partial charge in [0.05, 0.1) is 13.2 Å². The molecule has 17 heavy (non-hydrogen) atoms. The predicted octanol–water partition coefficient (Wildman–Crippen LogP) is 2.00. The highest BCUT2D eigenvalue weighted by molar-refractivity contribution is 5.27. The second kappa shape index (κ2) is 6.89. The normalized spacial score (nSPS) is 12.2. The highest BCUT2D eigenvalue weighted by Crippen LogP contribution is 2.17. The van der Waals surface area contributed by atoms with E-state index in [4.69, 9.17) is 19.5 Å². The first kappa shape index (κ1) is 13.5. The maximum atomic E-state index is 9.09. The van der Waals surface area contributed by atoms with Gasteiger partial charge in [-0.05, 0) is 24.1 Å². The minimum absolute atomic E-state index is 0.321. The summed E-state index contributed by atoms with van der Waals surface area (Å²) in [6.07, 6.45) is 0.0921. The van der Waals surface area contributed by atoms with E-state index in [2.05, 4.69) is 6.07 Å². The molecule has 92 valence electrons. The van der Waals surface area contributed by atoms with E-state index in [1.54, 1.807) is 7.11 Å². The zero-order chi connectivity index (χ0) is 12.7. The van der Waals surface area contributed by atoms with Gasteiger partial charge in [-0.15, -0.1) is 0 Å². The first-order valence-electron chi connectivity index (χ1n) is 5.33. The van der Waals surface area contributed by atoms with Gasteiger partial charge < -0.3 is 14.2 Å². The van der Waals surface area contributed by atoms with Gasteiger partial charge in [-0.25, -0.2) is 0 Å². The first-order valence-corrected chi connectivity index (χ1v) is 5.33. The number of nitrogens with zero attached hydrogens (tertiary/aromatic N) is 1. The summed E-state index contributed by atoms with van der Waals surface area (Å²) in [7, 11) is 4.69. The minimum Gasteiger partial charge on any atom is -0.497 e. The van der Waals surface area contributed by atoms with Crippen molar-refractivity contribution in [3.05, 3.63) is 29.8 Å². The Balaban J connectivity index is 2.70. The smallest absolute Gasteiger partial charge is 0.172 e. The molecule has 0 unspecified atom stereocenters. The Morgan fingerprint density at radius 3 is 2.12 bits per heavy atom. The van der Waals surface area contributed by atoms with Gasteiger partial charge in [-0.2, -0.15) is 5.26 Å². The van der Waals surface area contributed by atoms with E-state index in [0.717, 1.165) is 11.3 Å². The van der Waals surface area contributed by atoms with Gasteiger partial charge >= 0.3 is 0 Å². The van der Waals surface area contributed by atoms with Crippen LogP contribution in [0.25, 0.3) is 0 Å². The molecule has 0 N–H and O–H groups in total. The van der Waals surface area contributed by atoms with Crippen LogP contribution in [-0.4, -0.2) is 27.6 Å². The molecule has 0 saturated carbocycles. The van der Waals surface area contributed by atoms with Crippen molar-refractivity contribution < 1.29 is 14.2 Å². The Morgan fingerprint density at radius 2 is 1.71 bits per heavy atom. The lowest BCUT2D eigenvalue weighted by Crippen LogP contribution is -2.25. The summed E-state index contributed by atoms with van der Waals surface area (Å²) in [6, 6.07) is 9.82. The summed E-state index contributed by atoms with van der Waals surface area (Å²) >= 11 is 0. The van der Waals surface area contributed by atoms with Crippen LogP contribution in [-0.2, 0) is 15.9 Å². The number of nitriles is 1. The number of ether oxygens (including phenoxy) is 3. The number of hydrogen-bond acceptors (Lipinski definition) is 4. The fourth-order valence-electron chi connectivity index (χ4n) is 1.64. The molecule has 4 heteroatoms. The maximum Gasteiger partial charge on any atom is 0.172 e. The molecule has 0 amide bonds. The molecule has 0 fully saturated rings. The number of hydrogen-bond donors (Lipinski definition) is 0. The van der Waals surface area contributed by atoms with Crippen molar-refractivity contribution >= 4 is 0 Å². The summed E-state index contributed by atoms with van der Waals surface area (Å²) in [6.45, 7) is 0. The summed E-state index contributed by atoms with van der Waals surface area (Å²) in [5.74, 6) is 0.482. The topological polar surface area (TPSA) is 51.5 Å². The molecule has 1 aromatic rings. The van der Waals surface area contributed by atoms with Gasteiger partial charge in [-0.3, -0.25) is 0 Å². The fourth-order valence-corrected chi connectivity index (χ4v) is 1.64. The standard InChI is InChI=1S/C13H17NO3/c1-15-12-6-4-10(5-7-12)8-11(9-14)13(16-2)17-3/h4-7,11,13H,8H2,1-3H3/t11-/m1/s1. The maximum absolute atomic E-state index is 9.09. The Bertz CT molecular complexity index is 365. The largest absolute Gasteiger partial charge is 0.497 e. The molecule has 0 saturated heterocycles. The predicted molar refractivity (Wildman–Crippen MR) is 63.6 cm³/mol. The SMILES string of the molecule is COc1ccc(C[C@H](C#N)C(OC)OC)cc1.